The summed E-state index contributed by atoms with van der Waals surface area (Å²) in [6.07, 6.45) is 4.59. The van der Waals surface area contributed by atoms with Gasteiger partial charge < -0.3 is 21.3 Å². The molecule has 6 nitrogen and oxygen atoms in total. The standard InChI is InChI=1S/C16H32N4O2/c1-5-7-14(19-6-2)9-17-10-15(8-13(3)4)20-16(22)11-18-12-21/h7,12-13,15,17,19H,5-6,8-11H2,1-4H3,(H,18,21)(H,20,22)/b14-7+. The molecule has 4 N–H and O–H groups in total. The van der Waals surface area contributed by atoms with Crippen molar-refractivity contribution in [2.24, 2.45) is 5.92 Å². The van der Waals surface area contributed by atoms with Gasteiger partial charge in [0.25, 0.3) is 0 Å². The third kappa shape index (κ3) is 11.1. The van der Waals surface area contributed by atoms with Gasteiger partial charge in [-0.2, -0.15) is 0 Å². The van der Waals surface area contributed by atoms with E-state index < -0.39 is 0 Å². The van der Waals surface area contributed by atoms with Gasteiger partial charge in [0, 0.05) is 31.4 Å². The number of carbonyl (C=O) groups is 2. The molecule has 0 spiro atoms. The van der Waals surface area contributed by atoms with Crippen LogP contribution < -0.4 is 21.3 Å². The zero-order chi connectivity index (χ0) is 16.8. The van der Waals surface area contributed by atoms with Crippen molar-refractivity contribution in [3.63, 3.8) is 0 Å². The SMILES string of the molecule is CC/C=C(\CNCC(CC(C)C)NC(=O)CNC=O)NCC. The predicted molar refractivity (Wildman–Crippen MR) is 90.4 cm³/mol. The molecule has 22 heavy (non-hydrogen) atoms. The van der Waals surface area contributed by atoms with E-state index in [1.807, 2.05) is 0 Å². The van der Waals surface area contributed by atoms with Crippen LogP contribution in [0.15, 0.2) is 11.8 Å². The molecule has 0 rings (SSSR count). The quantitative estimate of drug-likeness (QED) is 0.378. The fraction of sp³-hybridized carbons (Fsp3) is 0.750. The van der Waals surface area contributed by atoms with Gasteiger partial charge in [0.2, 0.25) is 12.3 Å². The molecule has 0 aromatic heterocycles. The fourth-order valence-electron chi connectivity index (χ4n) is 2.24. The number of hydrogen-bond donors (Lipinski definition) is 4. The zero-order valence-corrected chi connectivity index (χ0v) is 14.4. The molecular weight excluding hydrogens is 280 g/mol. The molecule has 0 aliphatic rings. The van der Waals surface area contributed by atoms with Crippen molar-refractivity contribution < 1.29 is 9.59 Å². The van der Waals surface area contributed by atoms with Crippen molar-refractivity contribution in [1.29, 1.82) is 0 Å². The number of rotatable bonds is 13. The lowest BCUT2D eigenvalue weighted by molar-refractivity contribution is -0.122. The summed E-state index contributed by atoms with van der Waals surface area (Å²) in [6.45, 7) is 10.8. The first-order valence-corrected chi connectivity index (χ1v) is 8.13. The van der Waals surface area contributed by atoms with Crippen LogP contribution >= 0.6 is 0 Å². The second-order valence-corrected chi connectivity index (χ2v) is 5.69. The van der Waals surface area contributed by atoms with Crippen LogP contribution in [0.3, 0.4) is 0 Å². The molecular formula is C16H32N4O2. The molecule has 0 aromatic rings. The van der Waals surface area contributed by atoms with Gasteiger partial charge in [0.1, 0.15) is 0 Å². The van der Waals surface area contributed by atoms with Gasteiger partial charge in [-0.3, -0.25) is 9.59 Å². The Hall–Kier alpha value is -1.56. The highest BCUT2D eigenvalue weighted by molar-refractivity contribution is 5.80. The molecule has 0 aliphatic carbocycles. The van der Waals surface area contributed by atoms with E-state index >= 15 is 0 Å². The van der Waals surface area contributed by atoms with E-state index in [0.717, 1.165) is 25.9 Å². The van der Waals surface area contributed by atoms with Crippen LogP contribution in [0.25, 0.3) is 0 Å². The molecule has 0 bridgehead atoms. The number of nitrogens with one attached hydrogen (secondary N) is 4. The van der Waals surface area contributed by atoms with E-state index in [-0.39, 0.29) is 18.5 Å². The summed E-state index contributed by atoms with van der Waals surface area (Å²) in [7, 11) is 0. The van der Waals surface area contributed by atoms with Gasteiger partial charge in [-0.05, 0) is 25.7 Å². The van der Waals surface area contributed by atoms with Crippen LogP contribution in [-0.2, 0) is 9.59 Å². The number of likely N-dealkylation sites (N-methyl/N-ethyl adjacent to an activating group) is 1. The highest BCUT2D eigenvalue weighted by atomic mass is 16.2. The lowest BCUT2D eigenvalue weighted by Gasteiger charge is -2.22. The third-order valence-corrected chi connectivity index (χ3v) is 3.03. The first kappa shape index (κ1) is 20.4. The van der Waals surface area contributed by atoms with Crippen molar-refractivity contribution >= 4 is 12.3 Å². The van der Waals surface area contributed by atoms with E-state index in [1.54, 1.807) is 0 Å². The summed E-state index contributed by atoms with van der Waals surface area (Å²) >= 11 is 0. The normalized spacial score (nSPS) is 12.9. The molecule has 0 heterocycles. The van der Waals surface area contributed by atoms with Gasteiger partial charge in [-0.1, -0.05) is 26.8 Å². The number of hydrogen-bond acceptors (Lipinski definition) is 4. The molecule has 0 saturated heterocycles. The zero-order valence-electron chi connectivity index (χ0n) is 14.4. The van der Waals surface area contributed by atoms with Crippen LogP contribution in [0.5, 0.6) is 0 Å². The van der Waals surface area contributed by atoms with E-state index in [4.69, 9.17) is 0 Å². The molecule has 0 saturated carbocycles. The van der Waals surface area contributed by atoms with Crippen molar-refractivity contribution in [3.05, 3.63) is 11.8 Å². The molecule has 0 radical (unpaired) electrons. The number of carbonyl (C=O) groups excluding carboxylic acids is 2. The fourth-order valence-corrected chi connectivity index (χ4v) is 2.24. The molecule has 2 amide bonds. The van der Waals surface area contributed by atoms with E-state index in [9.17, 15) is 9.59 Å². The van der Waals surface area contributed by atoms with Crippen LogP contribution in [0.2, 0.25) is 0 Å². The molecule has 0 aromatic carbocycles. The van der Waals surface area contributed by atoms with Gasteiger partial charge in [-0.15, -0.1) is 0 Å². The predicted octanol–water partition coefficient (Wildman–Crippen LogP) is 0.756. The van der Waals surface area contributed by atoms with Crippen molar-refractivity contribution in [3.8, 4) is 0 Å². The number of amides is 2. The Morgan fingerprint density at radius 3 is 2.45 bits per heavy atom. The maximum Gasteiger partial charge on any atom is 0.239 e. The Morgan fingerprint density at radius 2 is 1.91 bits per heavy atom. The minimum atomic E-state index is -0.157. The molecule has 6 heteroatoms. The average molecular weight is 312 g/mol. The second-order valence-electron chi connectivity index (χ2n) is 5.69. The summed E-state index contributed by atoms with van der Waals surface area (Å²) in [5.41, 5.74) is 1.18. The lowest BCUT2D eigenvalue weighted by Crippen LogP contribution is -2.46. The van der Waals surface area contributed by atoms with Crippen molar-refractivity contribution in [2.75, 3.05) is 26.2 Å². The smallest absolute Gasteiger partial charge is 0.239 e. The van der Waals surface area contributed by atoms with Crippen LogP contribution in [0.4, 0.5) is 0 Å². The Labute approximate surface area is 134 Å². The van der Waals surface area contributed by atoms with Gasteiger partial charge in [-0.25, -0.2) is 0 Å². The maximum absolute atomic E-state index is 11.7. The first-order chi connectivity index (χ1) is 10.5. The van der Waals surface area contributed by atoms with Gasteiger partial charge in [0.05, 0.1) is 6.54 Å². The summed E-state index contributed by atoms with van der Waals surface area (Å²) in [4.78, 5) is 21.9. The topological polar surface area (TPSA) is 82.3 Å². The second kappa shape index (κ2) is 13.1. The van der Waals surface area contributed by atoms with Crippen molar-refractivity contribution in [2.45, 2.75) is 46.6 Å². The summed E-state index contributed by atoms with van der Waals surface area (Å²) < 4.78 is 0. The van der Waals surface area contributed by atoms with Crippen LogP contribution in [-0.4, -0.2) is 44.5 Å². The largest absolute Gasteiger partial charge is 0.388 e. The highest BCUT2D eigenvalue weighted by Gasteiger charge is 2.13. The van der Waals surface area contributed by atoms with Crippen LogP contribution in [0.1, 0.15) is 40.5 Å². The first-order valence-electron chi connectivity index (χ1n) is 8.13. The average Bonchev–Trinajstić information content (AvgIpc) is 2.44. The molecule has 1 unspecified atom stereocenters. The Bertz CT molecular complexity index is 343. The number of allylic oxidation sites excluding steroid dienone is 1. The summed E-state index contributed by atoms with van der Waals surface area (Å²) in [6, 6.07) is 0.0606. The van der Waals surface area contributed by atoms with E-state index in [2.05, 4.69) is 55.0 Å². The minimum Gasteiger partial charge on any atom is -0.388 e. The monoisotopic (exact) mass is 312 g/mol. The Kier molecular flexibility index (Phi) is 12.2. The molecule has 0 aliphatic heterocycles. The van der Waals surface area contributed by atoms with Gasteiger partial charge in [0.15, 0.2) is 0 Å². The third-order valence-electron chi connectivity index (χ3n) is 3.03. The lowest BCUT2D eigenvalue weighted by atomic mass is 10.0. The Morgan fingerprint density at radius 1 is 1.18 bits per heavy atom. The maximum atomic E-state index is 11.7. The molecule has 0 fully saturated rings. The van der Waals surface area contributed by atoms with Gasteiger partial charge >= 0.3 is 0 Å². The minimum absolute atomic E-state index is 0.0243. The van der Waals surface area contributed by atoms with E-state index in [1.165, 1.54) is 5.70 Å². The summed E-state index contributed by atoms with van der Waals surface area (Å²) in [5.74, 6) is 0.334. The van der Waals surface area contributed by atoms with Crippen LogP contribution in [0, 0.1) is 5.92 Å². The summed E-state index contributed by atoms with van der Waals surface area (Å²) in [5, 5.41) is 12.1. The van der Waals surface area contributed by atoms with E-state index in [0.29, 0.717) is 18.9 Å². The molecule has 1 atom stereocenters. The van der Waals surface area contributed by atoms with Crippen molar-refractivity contribution in [1.82, 2.24) is 21.3 Å². The molecule has 128 valence electrons. The Balaban J connectivity index is 4.31. The highest BCUT2D eigenvalue weighted by Crippen LogP contribution is 2.04.